The lowest BCUT2D eigenvalue weighted by Crippen LogP contribution is -2.23. The highest BCUT2D eigenvalue weighted by atomic mass is 28.2. The summed E-state index contributed by atoms with van der Waals surface area (Å²) >= 11 is 0. The lowest BCUT2D eigenvalue weighted by molar-refractivity contribution is 0.149. The molecule has 1 aromatic rings. The van der Waals surface area contributed by atoms with Crippen LogP contribution in [-0.4, -0.2) is 27.3 Å². The summed E-state index contributed by atoms with van der Waals surface area (Å²) in [6, 6.07) is 6.07. The number of pyridine rings is 1. The molecule has 1 aliphatic carbocycles. The maximum absolute atomic E-state index is 5.71. The molecule has 0 atom stereocenters. The summed E-state index contributed by atoms with van der Waals surface area (Å²) in [5.74, 6) is 0.932. The summed E-state index contributed by atoms with van der Waals surface area (Å²) in [5.41, 5.74) is 0. The smallest absolute Gasteiger partial charge is 0.140 e. The van der Waals surface area contributed by atoms with Crippen LogP contribution in [0.2, 0.25) is 0 Å². The molecule has 17 heavy (non-hydrogen) atoms. The van der Waals surface area contributed by atoms with Gasteiger partial charge in [-0.15, -0.1) is 0 Å². The van der Waals surface area contributed by atoms with E-state index in [1.54, 1.807) is 0 Å². The SMILES string of the molecule is c1ccc([Si]COCCC2CCCCC2)nc1. The van der Waals surface area contributed by atoms with Gasteiger partial charge in [0, 0.05) is 24.4 Å². The predicted molar refractivity (Wildman–Crippen MR) is 71.6 cm³/mol. The summed E-state index contributed by atoms with van der Waals surface area (Å²) in [4.78, 5) is 4.30. The van der Waals surface area contributed by atoms with Crippen LogP contribution in [-0.2, 0) is 4.74 Å². The summed E-state index contributed by atoms with van der Waals surface area (Å²) in [6.07, 6.45) is 11.1. The normalized spacial score (nSPS) is 17.2. The molecule has 2 rings (SSSR count). The van der Waals surface area contributed by atoms with Crippen molar-refractivity contribution >= 4 is 14.8 Å². The van der Waals surface area contributed by atoms with Gasteiger partial charge >= 0.3 is 0 Å². The highest BCUT2D eigenvalue weighted by Crippen LogP contribution is 2.25. The van der Waals surface area contributed by atoms with E-state index in [2.05, 4.69) is 11.1 Å². The Labute approximate surface area is 107 Å². The summed E-state index contributed by atoms with van der Waals surface area (Å²) in [5, 5.41) is 1.16. The van der Waals surface area contributed by atoms with Crippen molar-refractivity contribution in [2.24, 2.45) is 5.92 Å². The Kier molecular flexibility index (Phi) is 5.72. The monoisotopic (exact) mass is 247 g/mol. The third-order valence-electron chi connectivity index (χ3n) is 3.42. The lowest BCUT2D eigenvalue weighted by Gasteiger charge is -2.21. The minimum Gasteiger partial charge on any atom is -0.385 e. The molecule has 0 amide bonds. The van der Waals surface area contributed by atoms with Crippen LogP contribution < -0.4 is 5.32 Å². The number of aromatic nitrogens is 1. The van der Waals surface area contributed by atoms with Gasteiger partial charge in [0.25, 0.3) is 0 Å². The molecular formula is C14H21NOSi. The first-order valence-electron chi connectivity index (χ1n) is 6.68. The summed E-state index contributed by atoms with van der Waals surface area (Å²) in [6.45, 7) is 0.935. The predicted octanol–water partition coefficient (Wildman–Crippen LogP) is 2.36. The van der Waals surface area contributed by atoms with E-state index in [1.807, 2.05) is 18.3 Å². The Morgan fingerprint density at radius 1 is 1.24 bits per heavy atom. The molecule has 1 fully saturated rings. The van der Waals surface area contributed by atoms with Crippen LogP contribution in [0.3, 0.4) is 0 Å². The van der Waals surface area contributed by atoms with Crippen molar-refractivity contribution in [2.75, 3.05) is 12.8 Å². The van der Waals surface area contributed by atoms with Crippen LogP contribution in [0.5, 0.6) is 0 Å². The number of hydrogen-bond acceptors (Lipinski definition) is 2. The van der Waals surface area contributed by atoms with Crippen molar-refractivity contribution < 1.29 is 4.74 Å². The zero-order valence-corrected chi connectivity index (χ0v) is 11.4. The molecule has 1 heterocycles. The van der Waals surface area contributed by atoms with Gasteiger partial charge in [0.2, 0.25) is 0 Å². The van der Waals surface area contributed by atoms with Gasteiger partial charge in [-0.3, -0.25) is 4.98 Å². The Morgan fingerprint density at radius 3 is 2.88 bits per heavy atom. The van der Waals surface area contributed by atoms with Gasteiger partial charge in [-0.1, -0.05) is 38.2 Å². The molecule has 92 valence electrons. The molecule has 1 saturated carbocycles. The number of ether oxygens (including phenoxy) is 1. The Bertz CT molecular complexity index is 298. The molecule has 0 saturated heterocycles. The zero-order valence-electron chi connectivity index (χ0n) is 10.4. The lowest BCUT2D eigenvalue weighted by atomic mass is 9.87. The quantitative estimate of drug-likeness (QED) is 0.569. The van der Waals surface area contributed by atoms with Gasteiger partial charge in [-0.05, 0) is 24.5 Å². The third kappa shape index (κ3) is 5.00. The Hall–Kier alpha value is -0.673. The van der Waals surface area contributed by atoms with Crippen LogP contribution in [0.1, 0.15) is 38.5 Å². The number of nitrogens with zero attached hydrogens (tertiary/aromatic N) is 1. The third-order valence-corrected chi connectivity index (χ3v) is 4.42. The van der Waals surface area contributed by atoms with Crippen LogP contribution in [0.25, 0.3) is 0 Å². The van der Waals surface area contributed by atoms with Crippen LogP contribution >= 0.6 is 0 Å². The van der Waals surface area contributed by atoms with E-state index in [4.69, 9.17) is 4.74 Å². The summed E-state index contributed by atoms with van der Waals surface area (Å²) in [7, 11) is 0.690. The minimum atomic E-state index is 0.690. The fourth-order valence-electron chi connectivity index (χ4n) is 2.39. The van der Waals surface area contributed by atoms with Crippen molar-refractivity contribution in [1.29, 1.82) is 0 Å². The molecule has 0 aliphatic heterocycles. The van der Waals surface area contributed by atoms with Gasteiger partial charge in [-0.25, -0.2) is 0 Å². The first-order chi connectivity index (χ1) is 8.45. The Balaban J connectivity index is 1.51. The molecule has 2 nitrogen and oxygen atoms in total. The second-order valence-electron chi connectivity index (χ2n) is 4.74. The van der Waals surface area contributed by atoms with Crippen LogP contribution in [0, 0.1) is 5.92 Å². The maximum Gasteiger partial charge on any atom is 0.140 e. The standard InChI is InChI=1S/C14H21NOSi/c1-2-6-13(7-3-1)9-11-16-12-17-14-8-4-5-10-15-14/h4-5,8,10,13H,1-3,6-7,9,11-12H2. The van der Waals surface area contributed by atoms with E-state index >= 15 is 0 Å². The number of hydrogen-bond donors (Lipinski definition) is 0. The van der Waals surface area contributed by atoms with E-state index in [0.29, 0.717) is 9.52 Å². The average molecular weight is 247 g/mol. The van der Waals surface area contributed by atoms with Crippen molar-refractivity contribution in [2.45, 2.75) is 38.5 Å². The highest BCUT2D eigenvalue weighted by molar-refractivity contribution is 6.52. The van der Waals surface area contributed by atoms with Crippen LogP contribution in [0.15, 0.2) is 24.4 Å². The fourth-order valence-corrected chi connectivity index (χ4v) is 3.16. The van der Waals surface area contributed by atoms with E-state index in [9.17, 15) is 0 Å². The molecule has 1 aliphatic rings. The van der Waals surface area contributed by atoms with Crippen molar-refractivity contribution in [3.05, 3.63) is 24.4 Å². The van der Waals surface area contributed by atoms with E-state index < -0.39 is 0 Å². The molecule has 1 aromatic heterocycles. The number of rotatable bonds is 6. The van der Waals surface area contributed by atoms with Gasteiger partial charge in [0.15, 0.2) is 0 Å². The topological polar surface area (TPSA) is 22.1 Å². The van der Waals surface area contributed by atoms with Crippen molar-refractivity contribution in [3.8, 4) is 0 Å². The second kappa shape index (κ2) is 7.61. The molecule has 0 unspecified atom stereocenters. The zero-order chi connectivity index (χ0) is 11.8. The van der Waals surface area contributed by atoms with E-state index in [1.165, 1.54) is 38.5 Å². The second-order valence-corrected chi connectivity index (χ2v) is 5.89. The molecular weight excluding hydrogens is 226 g/mol. The first kappa shape index (κ1) is 12.8. The molecule has 0 aromatic carbocycles. The molecule has 0 bridgehead atoms. The van der Waals surface area contributed by atoms with Crippen molar-refractivity contribution in [3.63, 3.8) is 0 Å². The first-order valence-corrected chi connectivity index (χ1v) is 7.88. The average Bonchev–Trinajstić information content (AvgIpc) is 2.41. The van der Waals surface area contributed by atoms with Crippen LogP contribution in [0.4, 0.5) is 0 Å². The fraction of sp³-hybridized carbons (Fsp3) is 0.643. The van der Waals surface area contributed by atoms with E-state index in [0.717, 1.165) is 24.1 Å². The maximum atomic E-state index is 5.71. The largest absolute Gasteiger partial charge is 0.385 e. The molecule has 3 heteroatoms. The van der Waals surface area contributed by atoms with Gasteiger partial charge in [0.1, 0.15) is 9.52 Å². The Morgan fingerprint density at radius 2 is 2.12 bits per heavy atom. The van der Waals surface area contributed by atoms with Gasteiger partial charge in [-0.2, -0.15) is 0 Å². The molecule has 2 radical (unpaired) electrons. The van der Waals surface area contributed by atoms with E-state index in [-0.39, 0.29) is 0 Å². The van der Waals surface area contributed by atoms with Crippen molar-refractivity contribution in [1.82, 2.24) is 4.98 Å². The summed E-state index contributed by atoms with van der Waals surface area (Å²) < 4.78 is 5.71. The van der Waals surface area contributed by atoms with Gasteiger partial charge < -0.3 is 4.74 Å². The molecule has 0 N–H and O–H groups in total. The minimum absolute atomic E-state index is 0.690. The van der Waals surface area contributed by atoms with Gasteiger partial charge in [0.05, 0.1) is 0 Å². The highest BCUT2D eigenvalue weighted by Gasteiger charge is 2.12. The molecule has 0 spiro atoms.